The first-order valence-corrected chi connectivity index (χ1v) is 12.6. The number of benzene rings is 2. The van der Waals surface area contributed by atoms with Crippen LogP contribution in [0.4, 0.5) is 5.69 Å². The first kappa shape index (κ1) is 22.7. The normalized spacial score (nSPS) is 14.4. The number of nitrogens with one attached hydrogen (secondary N) is 1. The van der Waals surface area contributed by atoms with Crippen LogP contribution in [0.5, 0.6) is 5.75 Å². The highest BCUT2D eigenvalue weighted by molar-refractivity contribution is 8.00. The molecule has 0 saturated carbocycles. The molecule has 1 heterocycles. The van der Waals surface area contributed by atoms with E-state index < -0.39 is 22.5 Å². The van der Waals surface area contributed by atoms with E-state index in [1.807, 2.05) is 36.0 Å². The van der Waals surface area contributed by atoms with Gasteiger partial charge < -0.3 is 4.74 Å². The van der Waals surface area contributed by atoms with E-state index in [-0.39, 0.29) is 21.8 Å². The Labute approximate surface area is 189 Å². The van der Waals surface area contributed by atoms with Gasteiger partial charge in [0.2, 0.25) is 10.0 Å². The van der Waals surface area contributed by atoms with Crippen molar-refractivity contribution in [3.05, 3.63) is 58.1 Å². The molecule has 0 bridgehead atoms. The van der Waals surface area contributed by atoms with Gasteiger partial charge in [-0.05, 0) is 35.9 Å². The largest absolute Gasteiger partial charge is 0.489 e. The Balaban J connectivity index is 1.63. The van der Waals surface area contributed by atoms with Crippen LogP contribution in [0.2, 0.25) is 10.0 Å². The van der Waals surface area contributed by atoms with Gasteiger partial charge in [0.25, 0.3) is 5.91 Å². The summed E-state index contributed by atoms with van der Waals surface area (Å²) in [5.74, 6) is 2.08. The predicted molar refractivity (Wildman–Crippen MR) is 123 cm³/mol. The molecule has 1 aliphatic heterocycles. The average molecular weight is 488 g/mol. The van der Waals surface area contributed by atoms with Crippen LogP contribution in [-0.2, 0) is 14.8 Å². The minimum absolute atomic E-state index is 0.184. The van der Waals surface area contributed by atoms with Crippen molar-refractivity contribution in [3.63, 3.8) is 0 Å². The van der Waals surface area contributed by atoms with Crippen LogP contribution in [0.1, 0.15) is 5.56 Å². The fourth-order valence-corrected chi connectivity index (χ4v) is 4.23. The molecule has 0 atom stereocenters. The lowest BCUT2D eigenvalue weighted by atomic mass is 10.2. The first-order chi connectivity index (χ1) is 14.2. The van der Waals surface area contributed by atoms with E-state index in [1.54, 1.807) is 0 Å². The van der Waals surface area contributed by atoms with E-state index >= 15 is 0 Å². The Bertz CT molecular complexity index is 1060. The molecule has 1 fully saturated rings. The van der Waals surface area contributed by atoms with Crippen LogP contribution in [0, 0.1) is 0 Å². The van der Waals surface area contributed by atoms with E-state index in [0.717, 1.165) is 33.4 Å². The van der Waals surface area contributed by atoms with E-state index in [9.17, 15) is 13.2 Å². The van der Waals surface area contributed by atoms with E-state index in [0.29, 0.717) is 0 Å². The lowest BCUT2D eigenvalue weighted by molar-refractivity contribution is -0.119. The van der Waals surface area contributed by atoms with Crippen LogP contribution in [-0.4, -0.2) is 50.9 Å². The fraction of sp³-hybridized carbons (Fsp3) is 0.263. The summed E-state index contributed by atoms with van der Waals surface area (Å²) in [6.07, 6.45) is 2.69. The summed E-state index contributed by atoms with van der Waals surface area (Å²) in [6.45, 7) is -0.462. The van der Waals surface area contributed by atoms with Gasteiger partial charge in [-0.15, -0.1) is 0 Å². The smallest absolute Gasteiger partial charge is 0.260 e. The number of halogens is 2. The number of nitrogens with zero attached hydrogens (tertiary/aromatic N) is 2. The molecule has 2 aromatic rings. The average Bonchev–Trinajstić information content (AvgIpc) is 2.65. The minimum Gasteiger partial charge on any atom is -0.489 e. The third kappa shape index (κ3) is 6.28. The second-order valence-electron chi connectivity index (χ2n) is 6.51. The standard InChI is InChI=1S/C19H19Cl2N3O4S2/c1-30(26,27)24(14-5-6-17(20)18(21)8-14)10-19(25)23-22-9-13-3-2-4-15(7-13)28-16-11-29-12-16/h2-9,16H,10-12H2,1H3,(H,23,25)/b22-9-. The molecule has 11 heteroatoms. The molecule has 0 radical (unpaired) electrons. The summed E-state index contributed by atoms with van der Waals surface area (Å²) < 4.78 is 31.0. The van der Waals surface area contributed by atoms with E-state index in [2.05, 4.69) is 10.5 Å². The number of thioether (sulfide) groups is 1. The summed E-state index contributed by atoms with van der Waals surface area (Å²) in [5.41, 5.74) is 3.30. The molecule has 1 N–H and O–H groups in total. The number of rotatable bonds is 8. The molecule has 30 heavy (non-hydrogen) atoms. The number of anilines is 1. The Kier molecular flexibility index (Phi) is 7.51. The predicted octanol–water partition coefficient (Wildman–Crippen LogP) is 3.40. The lowest BCUT2D eigenvalue weighted by Crippen LogP contribution is -2.39. The molecular weight excluding hydrogens is 469 g/mol. The highest BCUT2D eigenvalue weighted by atomic mass is 35.5. The van der Waals surface area contributed by atoms with Crippen LogP contribution in [0.25, 0.3) is 0 Å². The van der Waals surface area contributed by atoms with E-state index in [4.69, 9.17) is 27.9 Å². The first-order valence-electron chi connectivity index (χ1n) is 8.81. The zero-order valence-electron chi connectivity index (χ0n) is 15.9. The summed E-state index contributed by atoms with van der Waals surface area (Å²) in [6, 6.07) is 11.6. The van der Waals surface area contributed by atoms with Crippen molar-refractivity contribution in [2.45, 2.75) is 6.10 Å². The molecule has 0 aliphatic carbocycles. The van der Waals surface area contributed by atoms with Gasteiger partial charge in [0.15, 0.2) is 0 Å². The fourth-order valence-electron chi connectivity index (χ4n) is 2.53. The van der Waals surface area contributed by atoms with Gasteiger partial charge in [0.05, 0.1) is 28.2 Å². The number of hydrazone groups is 1. The Morgan fingerprint density at radius 2 is 2.03 bits per heavy atom. The van der Waals surface area contributed by atoms with Gasteiger partial charge in [-0.25, -0.2) is 13.8 Å². The number of hydrogen-bond acceptors (Lipinski definition) is 6. The molecule has 2 aromatic carbocycles. The quantitative estimate of drug-likeness (QED) is 0.455. The van der Waals surface area contributed by atoms with E-state index in [1.165, 1.54) is 24.4 Å². The summed E-state index contributed by atoms with van der Waals surface area (Å²) in [5, 5.41) is 4.37. The van der Waals surface area contributed by atoms with Crippen molar-refractivity contribution in [3.8, 4) is 5.75 Å². The zero-order valence-corrected chi connectivity index (χ0v) is 19.1. The van der Waals surface area contributed by atoms with Crippen molar-refractivity contribution >= 4 is 62.8 Å². The van der Waals surface area contributed by atoms with Crippen LogP contribution >= 0.6 is 35.0 Å². The molecular formula is C19H19Cl2N3O4S2. The number of sulfonamides is 1. The molecule has 1 saturated heterocycles. The van der Waals surface area contributed by atoms with Crippen LogP contribution in [0.3, 0.4) is 0 Å². The van der Waals surface area contributed by atoms with Gasteiger partial charge in [-0.2, -0.15) is 16.9 Å². The molecule has 3 rings (SSSR count). The van der Waals surface area contributed by atoms with Gasteiger partial charge in [0, 0.05) is 11.5 Å². The number of carbonyl (C=O) groups is 1. The van der Waals surface area contributed by atoms with Gasteiger partial charge in [-0.3, -0.25) is 9.10 Å². The molecule has 7 nitrogen and oxygen atoms in total. The third-order valence-electron chi connectivity index (χ3n) is 4.05. The maximum atomic E-state index is 12.3. The second kappa shape index (κ2) is 9.91. The lowest BCUT2D eigenvalue weighted by Gasteiger charge is -2.25. The summed E-state index contributed by atoms with van der Waals surface area (Å²) in [7, 11) is -3.73. The maximum Gasteiger partial charge on any atom is 0.260 e. The van der Waals surface area contributed by atoms with Crippen molar-refractivity contribution in [2.75, 3.05) is 28.6 Å². The third-order valence-corrected chi connectivity index (χ3v) is 7.14. The van der Waals surface area contributed by atoms with Crippen LogP contribution in [0.15, 0.2) is 47.6 Å². The highest BCUT2D eigenvalue weighted by Crippen LogP contribution is 2.28. The SMILES string of the molecule is CS(=O)(=O)N(CC(=O)N/N=C\c1cccc(OC2CSC2)c1)c1ccc(Cl)c(Cl)c1. The van der Waals surface area contributed by atoms with Crippen LogP contribution < -0.4 is 14.5 Å². The molecule has 0 unspecified atom stereocenters. The zero-order chi connectivity index (χ0) is 21.7. The molecule has 1 amide bonds. The number of amides is 1. The summed E-state index contributed by atoms with van der Waals surface area (Å²) in [4.78, 5) is 12.3. The Morgan fingerprint density at radius 3 is 2.67 bits per heavy atom. The second-order valence-corrected chi connectivity index (χ2v) is 10.3. The van der Waals surface area contributed by atoms with Gasteiger partial charge >= 0.3 is 0 Å². The summed E-state index contributed by atoms with van der Waals surface area (Å²) >= 11 is 13.7. The number of ether oxygens (including phenoxy) is 1. The van der Waals surface area contributed by atoms with Crippen molar-refractivity contribution in [1.82, 2.24) is 5.43 Å². The number of hydrogen-bond donors (Lipinski definition) is 1. The topological polar surface area (TPSA) is 88.1 Å². The van der Waals surface area contributed by atoms with Crippen molar-refractivity contribution in [1.29, 1.82) is 0 Å². The minimum atomic E-state index is -3.73. The maximum absolute atomic E-state index is 12.3. The monoisotopic (exact) mass is 487 g/mol. The van der Waals surface area contributed by atoms with Crippen molar-refractivity contribution in [2.24, 2.45) is 5.10 Å². The Morgan fingerprint density at radius 1 is 1.27 bits per heavy atom. The molecule has 160 valence electrons. The molecule has 0 spiro atoms. The molecule has 1 aliphatic rings. The highest BCUT2D eigenvalue weighted by Gasteiger charge is 2.22. The van der Waals surface area contributed by atoms with Crippen molar-refractivity contribution < 1.29 is 17.9 Å². The Hall–Kier alpha value is -1.94. The van der Waals surface area contributed by atoms with Gasteiger partial charge in [0.1, 0.15) is 18.4 Å². The molecule has 0 aromatic heterocycles. The number of carbonyl (C=O) groups excluding carboxylic acids is 1. The van der Waals surface area contributed by atoms with Gasteiger partial charge in [-0.1, -0.05) is 35.3 Å².